The van der Waals surface area contributed by atoms with Crippen LogP contribution in [0.4, 0.5) is 8.78 Å². The summed E-state index contributed by atoms with van der Waals surface area (Å²) >= 11 is 0. The number of nitrogens with zero attached hydrogens (tertiary/aromatic N) is 1. The van der Waals surface area contributed by atoms with Crippen LogP contribution in [0.3, 0.4) is 0 Å². The molecular weight excluding hydrogens is 398 g/mol. The van der Waals surface area contributed by atoms with Crippen LogP contribution in [0, 0.1) is 0 Å². The lowest BCUT2D eigenvalue weighted by Gasteiger charge is -2.38. The first-order valence-electron chi connectivity index (χ1n) is 9.91. The predicted molar refractivity (Wildman–Crippen MR) is 101 cm³/mol. The van der Waals surface area contributed by atoms with Crippen molar-refractivity contribution in [1.82, 2.24) is 20.9 Å². The number of halogens is 2. The van der Waals surface area contributed by atoms with Crippen LogP contribution in [-0.4, -0.2) is 59.6 Å². The molecule has 1 aromatic carbocycles. The number of nitrogens with one attached hydrogen (secondary N) is 3. The van der Waals surface area contributed by atoms with E-state index in [1.165, 1.54) is 6.07 Å². The van der Waals surface area contributed by atoms with Crippen molar-refractivity contribution >= 4 is 23.6 Å². The molecule has 0 spiro atoms. The minimum atomic E-state index is -2.58. The molecule has 8 nitrogen and oxygen atoms in total. The summed E-state index contributed by atoms with van der Waals surface area (Å²) in [6.45, 7) is 0.922. The molecule has 3 aliphatic rings. The Labute approximate surface area is 171 Å². The lowest BCUT2D eigenvalue weighted by Crippen LogP contribution is -2.57. The molecule has 0 aliphatic carbocycles. The third-order valence-electron chi connectivity index (χ3n) is 6.10. The van der Waals surface area contributed by atoms with Gasteiger partial charge in [-0.3, -0.25) is 29.4 Å². The number of piperidine rings is 2. The minimum Gasteiger partial charge on any atom is -0.317 e. The predicted octanol–water partition coefficient (Wildman–Crippen LogP) is 0.565. The van der Waals surface area contributed by atoms with Crippen LogP contribution in [-0.2, 0) is 16.1 Å². The molecule has 4 rings (SSSR count). The number of carbonyl (C=O) groups is 4. The van der Waals surface area contributed by atoms with Crippen LogP contribution in [0.25, 0.3) is 0 Å². The Hall–Kier alpha value is -2.72. The van der Waals surface area contributed by atoms with E-state index in [4.69, 9.17) is 0 Å². The minimum absolute atomic E-state index is 0.00424. The van der Waals surface area contributed by atoms with Gasteiger partial charge in [0.25, 0.3) is 18.2 Å². The molecule has 3 aliphatic heterocycles. The largest absolute Gasteiger partial charge is 0.317 e. The first-order valence-corrected chi connectivity index (χ1v) is 9.91. The Bertz CT molecular complexity index is 914. The van der Waals surface area contributed by atoms with Crippen LogP contribution >= 0.6 is 0 Å². The van der Waals surface area contributed by atoms with Crippen molar-refractivity contribution < 1.29 is 28.0 Å². The van der Waals surface area contributed by atoms with E-state index < -0.39 is 41.6 Å². The quantitative estimate of drug-likeness (QED) is 0.601. The van der Waals surface area contributed by atoms with Crippen LogP contribution < -0.4 is 16.0 Å². The highest BCUT2D eigenvalue weighted by Crippen LogP contribution is 2.31. The molecule has 0 radical (unpaired) electrons. The number of benzene rings is 1. The maximum absolute atomic E-state index is 13.8. The standard InChI is InChI=1S/C20H22F2N4O4/c21-19(22)20(6-8-23-9-7-20)24-10-11-2-1-3-12-15(11)18(30)26(17(12)29)13-4-5-14(27)25-16(13)28/h1-3,13,19,23-24H,4-10H2,(H,25,27,28). The average molecular weight is 420 g/mol. The maximum atomic E-state index is 13.8. The maximum Gasteiger partial charge on any atom is 0.262 e. The third kappa shape index (κ3) is 3.39. The number of hydrogen-bond acceptors (Lipinski definition) is 6. The highest BCUT2D eigenvalue weighted by Gasteiger charge is 2.46. The molecule has 0 aromatic heterocycles. The first-order chi connectivity index (χ1) is 14.3. The van der Waals surface area contributed by atoms with Gasteiger partial charge in [0, 0.05) is 13.0 Å². The fraction of sp³-hybridized carbons (Fsp3) is 0.500. The summed E-state index contributed by atoms with van der Waals surface area (Å²) in [6.07, 6.45) is -1.99. The molecule has 10 heteroatoms. The molecule has 0 bridgehead atoms. The molecule has 3 heterocycles. The molecule has 2 fully saturated rings. The van der Waals surface area contributed by atoms with E-state index in [1.54, 1.807) is 12.1 Å². The molecule has 160 valence electrons. The van der Waals surface area contributed by atoms with Gasteiger partial charge in [0.1, 0.15) is 6.04 Å². The topological polar surface area (TPSA) is 108 Å². The van der Waals surface area contributed by atoms with Crippen molar-refractivity contribution in [3.63, 3.8) is 0 Å². The number of carbonyl (C=O) groups excluding carboxylic acids is 4. The zero-order valence-corrected chi connectivity index (χ0v) is 16.2. The average Bonchev–Trinajstić information content (AvgIpc) is 2.98. The van der Waals surface area contributed by atoms with E-state index in [0.29, 0.717) is 18.7 Å². The molecule has 30 heavy (non-hydrogen) atoms. The Kier molecular flexibility index (Phi) is 5.37. The lowest BCUT2D eigenvalue weighted by molar-refractivity contribution is -0.136. The van der Waals surface area contributed by atoms with Gasteiger partial charge in [0.15, 0.2) is 0 Å². The first kappa shape index (κ1) is 20.5. The number of imide groups is 2. The molecule has 1 aromatic rings. The van der Waals surface area contributed by atoms with Crippen LogP contribution in [0.1, 0.15) is 52.0 Å². The molecule has 1 atom stereocenters. The molecule has 0 saturated carbocycles. The fourth-order valence-electron chi connectivity index (χ4n) is 4.35. The van der Waals surface area contributed by atoms with Gasteiger partial charge in [0.2, 0.25) is 11.8 Å². The van der Waals surface area contributed by atoms with E-state index in [-0.39, 0.29) is 43.4 Å². The second-order valence-electron chi connectivity index (χ2n) is 7.85. The van der Waals surface area contributed by atoms with E-state index in [0.717, 1.165) is 4.90 Å². The molecule has 4 amide bonds. The molecule has 2 saturated heterocycles. The fourth-order valence-corrected chi connectivity index (χ4v) is 4.35. The summed E-state index contributed by atoms with van der Waals surface area (Å²) in [5.74, 6) is -2.39. The second kappa shape index (κ2) is 7.84. The van der Waals surface area contributed by atoms with Gasteiger partial charge in [0.05, 0.1) is 16.7 Å². The highest BCUT2D eigenvalue weighted by atomic mass is 19.3. The molecular formula is C20H22F2N4O4. The zero-order valence-electron chi connectivity index (χ0n) is 16.2. The van der Waals surface area contributed by atoms with Crippen molar-refractivity contribution in [1.29, 1.82) is 0 Å². The number of hydrogen-bond donors (Lipinski definition) is 3. The summed E-state index contributed by atoms with van der Waals surface area (Å²) in [4.78, 5) is 50.4. The Morgan fingerprint density at radius 3 is 2.53 bits per heavy atom. The van der Waals surface area contributed by atoms with Crippen LogP contribution in [0.5, 0.6) is 0 Å². The van der Waals surface area contributed by atoms with Gasteiger partial charge in [-0.15, -0.1) is 0 Å². The lowest BCUT2D eigenvalue weighted by atomic mass is 9.88. The summed E-state index contributed by atoms with van der Waals surface area (Å²) in [5, 5.41) is 8.13. The van der Waals surface area contributed by atoms with Gasteiger partial charge in [-0.05, 0) is 44.0 Å². The summed E-state index contributed by atoms with van der Waals surface area (Å²) in [6, 6.07) is 3.63. The molecule has 3 N–H and O–H groups in total. The number of alkyl halides is 2. The number of rotatable bonds is 5. The Morgan fingerprint density at radius 1 is 1.13 bits per heavy atom. The van der Waals surface area contributed by atoms with E-state index in [9.17, 15) is 28.0 Å². The van der Waals surface area contributed by atoms with E-state index in [2.05, 4.69) is 16.0 Å². The molecule has 1 unspecified atom stereocenters. The summed E-state index contributed by atoms with van der Waals surface area (Å²) < 4.78 is 27.6. The third-order valence-corrected chi connectivity index (χ3v) is 6.10. The normalized spacial score (nSPS) is 23.7. The summed E-state index contributed by atoms with van der Waals surface area (Å²) in [5.41, 5.74) is -0.666. The van der Waals surface area contributed by atoms with Gasteiger partial charge < -0.3 is 10.6 Å². The van der Waals surface area contributed by atoms with Crippen molar-refractivity contribution in [3.8, 4) is 0 Å². The van der Waals surface area contributed by atoms with Crippen LogP contribution in [0.15, 0.2) is 18.2 Å². The van der Waals surface area contributed by atoms with E-state index >= 15 is 0 Å². The monoisotopic (exact) mass is 420 g/mol. The Balaban J connectivity index is 1.59. The highest BCUT2D eigenvalue weighted by molar-refractivity contribution is 6.24. The summed E-state index contributed by atoms with van der Waals surface area (Å²) in [7, 11) is 0. The number of amides is 4. The van der Waals surface area contributed by atoms with Gasteiger partial charge >= 0.3 is 0 Å². The zero-order chi connectivity index (χ0) is 21.5. The van der Waals surface area contributed by atoms with Crippen molar-refractivity contribution in [2.75, 3.05) is 13.1 Å². The number of fused-ring (bicyclic) bond motifs is 1. The van der Waals surface area contributed by atoms with Crippen LogP contribution in [0.2, 0.25) is 0 Å². The van der Waals surface area contributed by atoms with Gasteiger partial charge in [-0.25, -0.2) is 8.78 Å². The van der Waals surface area contributed by atoms with Crippen molar-refractivity contribution in [2.45, 2.75) is 50.2 Å². The smallest absolute Gasteiger partial charge is 0.262 e. The van der Waals surface area contributed by atoms with E-state index in [1.807, 2.05) is 0 Å². The van der Waals surface area contributed by atoms with Crippen molar-refractivity contribution in [2.24, 2.45) is 0 Å². The SMILES string of the molecule is O=C1CCC(N2C(=O)c3cccc(CNC4(C(F)F)CCNCC4)c3C2=O)C(=O)N1. The van der Waals surface area contributed by atoms with Gasteiger partial charge in [-0.1, -0.05) is 12.1 Å². The Morgan fingerprint density at radius 2 is 1.87 bits per heavy atom. The second-order valence-corrected chi connectivity index (χ2v) is 7.85. The van der Waals surface area contributed by atoms with Gasteiger partial charge in [-0.2, -0.15) is 0 Å². The van der Waals surface area contributed by atoms with Crippen molar-refractivity contribution in [3.05, 3.63) is 34.9 Å².